The van der Waals surface area contributed by atoms with Crippen molar-refractivity contribution < 1.29 is 4.74 Å². The van der Waals surface area contributed by atoms with E-state index in [2.05, 4.69) is 17.9 Å². The molecular formula is C10H15NOS. The van der Waals surface area contributed by atoms with Gasteiger partial charge in [0, 0.05) is 24.6 Å². The summed E-state index contributed by atoms with van der Waals surface area (Å²) in [5.41, 5.74) is 1.12. The molecule has 1 N–H and O–H groups in total. The van der Waals surface area contributed by atoms with Crippen LogP contribution in [0, 0.1) is 0 Å². The first-order valence-electron chi connectivity index (χ1n) is 4.29. The molecule has 1 rings (SSSR count). The Balaban J connectivity index is 2.27. The Bertz CT molecular complexity index is 228. The summed E-state index contributed by atoms with van der Waals surface area (Å²) < 4.78 is 4.98. The lowest BCUT2D eigenvalue weighted by Gasteiger charge is -2.11. The molecule has 0 aliphatic heterocycles. The molecule has 0 aromatic heterocycles. The van der Waals surface area contributed by atoms with Crippen LogP contribution in [-0.2, 0) is 4.74 Å². The van der Waals surface area contributed by atoms with Crippen LogP contribution >= 0.6 is 12.6 Å². The highest BCUT2D eigenvalue weighted by Gasteiger charge is 2.00. The first-order valence-corrected chi connectivity index (χ1v) is 4.80. The largest absolute Gasteiger partial charge is 0.384 e. The number of rotatable bonds is 5. The van der Waals surface area contributed by atoms with Crippen LogP contribution in [0.25, 0.3) is 0 Å². The van der Waals surface area contributed by atoms with Crippen LogP contribution in [0.3, 0.4) is 0 Å². The maximum atomic E-state index is 4.98. The van der Waals surface area contributed by atoms with Crippen molar-refractivity contribution in [2.45, 2.75) is 5.25 Å². The molecule has 2 nitrogen and oxygen atoms in total. The minimum Gasteiger partial charge on any atom is -0.384 e. The average molecular weight is 197 g/mol. The van der Waals surface area contributed by atoms with E-state index in [1.165, 1.54) is 0 Å². The van der Waals surface area contributed by atoms with Gasteiger partial charge in [-0.3, -0.25) is 0 Å². The highest BCUT2D eigenvalue weighted by Crippen LogP contribution is 2.06. The summed E-state index contributed by atoms with van der Waals surface area (Å²) in [5, 5.41) is 3.51. The number of hydrogen-bond donors (Lipinski definition) is 2. The van der Waals surface area contributed by atoms with Crippen molar-refractivity contribution in [3.8, 4) is 0 Å². The zero-order chi connectivity index (χ0) is 9.52. The molecule has 1 unspecified atom stereocenters. The molecule has 0 heterocycles. The molecule has 0 amide bonds. The highest BCUT2D eigenvalue weighted by molar-refractivity contribution is 7.81. The summed E-state index contributed by atoms with van der Waals surface area (Å²) in [6.45, 7) is 1.49. The molecule has 3 heteroatoms. The van der Waals surface area contributed by atoms with E-state index in [-0.39, 0.29) is 5.25 Å². The molecule has 1 aromatic carbocycles. The number of methoxy groups -OCH3 is 1. The van der Waals surface area contributed by atoms with Crippen LogP contribution in [0.4, 0.5) is 5.69 Å². The molecule has 72 valence electrons. The summed E-state index contributed by atoms with van der Waals surface area (Å²) >= 11 is 4.35. The minimum absolute atomic E-state index is 0.241. The standard InChI is InChI=1S/C10H15NOS/c1-12-8-10(13)7-11-9-5-3-2-4-6-9/h2-6,10-11,13H,7-8H2,1H3. The van der Waals surface area contributed by atoms with Crippen molar-refractivity contribution in [3.05, 3.63) is 30.3 Å². The van der Waals surface area contributed by atoms with Crippen molar-refractivity contribution in [2.24, 2.45) is 0 Å². The zero-order valence-electron chi connectivity index (χ0n) is 7.73. The SMILES string of the molecule is COCC(S)CNc1ccccc1. The first-order chi connectivity index (χ1) is 6.33. The molecule has 0 fully saturated rings. The predicted octanol–water partition coefficient (Wildman–Crippen LogP) is 2.04. The van der Waals surface area contributed by atoms with Crippen molar-refractivity contribution in [1.82, 2.24) is 0 Å². The monoisotopic (exact) mass is 197 g/mol. The third kappa shape index (κ3) is 4.20. The number of hydrogen-bond acceptors (Lipinski definition) is 3. The number of para-hydroxylation sites is 1. The van der Waals surface area contributed by atoms with E-state index < -0.39 is 0 Å². The second-order valence-electron chi connectivity index (χ2n) is 2.86. The molecule has 0 radical (unpaired) electrons. The van der Waals surface area contributed by atoms with E-state index >= 15 is 0 Å². The Morgan fingerprint density at radius 3 is 2.69 bits per heavy atom. The van der Waals surface area contributed by atoms with Crippen LogP contribution in [0.2, 0.25) is 0 Å². The van der Waals surface area contributed by atoms with E-state index in [4.69, 9.17) is 4.74 Å². The number of thiol groups is 1. The van der Waals surface area contributed by atoms with Crippen molar-refractivity contribution in [2.75, 3.05) is 25.6 Å². The topological polar surface area (TPSA) is 21.3 Å². The summed E-state index contributed by atoms with van der Waals surface area (Å²) in [6, 6.07) is 10.1. The predicted molar refractivity (Wildman–Crippen MR) is 59.6 cm³/mol. The first kappa shape index (κ1) is 10.4. The lowest BCUT2D eigenvalue weighted by atomic mass is 10.3. The van der Waals surface area contributed by atoms with Crippen LogP contribution in [0.5, 0.6) is 0 Å². The van der Waals surface area contributed by atoms with Gasteiger partial charge in [-0.25, -0.2) is 0 Å². The van der Waals surface area contributed by atoms with Gasteiger partial charge in [0.05, 0.1) is 6.61 Å². The molecule has 0 aliphatic carbocycles. The third-order valence-corrected chi connectivity index (χ3v) is 2.01. The molecule has 13 heavy (non-hydrogen) atoms. The van der Waals surface area contributed by atoms with Crippen molar-refractivity contribution in [1.29, 1.82) is 0 Å². The molecule has 0 saturated carbocycles. The molecule has 0 bridgehead atoms. The van der Waals surface area contributed by atoms with Gasteiger partial charge >= 0.3 is 0 Å². The van der Waals surface area contributed by atoms with E-state index in [1.54, 1.807) is 7.11 Å². The lowest BCUT2D eigenvalue weighted by molar-refractivity contribution is 0.202. The summed E-state index contributed by atoms with van der Waals surface area (Å²) in [7, 11) is 1.69. The van der Waals surface area contributed by atoms with E-state index in [9.17, 15) is 0 Å². The quantitative estimate of drug-likeness (QED) is 0.705. The highest BCUT2D eigenvalue weighted by atomic mass is 32.1. The minimum atomic E-state index is 0.241. The normalized spacial score (nSPS) is 12.5. The van der Waals surface area contributed by atoms with Crippen molar-refractivity contribution in [3.63, 3.8) is 0 Å². The molecule has 0 saturated heterocycles. The van der Waals surface area contributed by atoms with E-state index in [0.29, 0.717) is 6.61 Å². The molecule has 1 aromatic rings. The maximum absolute atomic E-state index is 4.98. The number of nitrogens with one attached hydrogen (secondary N) is 1. The van der Waals surface area contributed by atoms with Gasteiger partial charge in [-0.15, -0.1) is 0 Å². The zero-order valence-corrected chi connectivity index (χ0v) is 8.63. The Hall–Kier alpha value is -0.670. The van der Waals surface area contributed by atoms with Gasteiger partial charge in [-0.1, -0.05) is 18.2 Å². The van der Waals surface area contributed by atoms with Crippen LogP contribution in [-0.4, -0.2) is 25.5 Å². The number of ether oxygens (including phenoxy) is 1. The van der Waals surface area contributed by atoms with Crippen LogP contribution < -0.4 is 5.32 Å². The second kappa shape index (κ2) is 5.89. The molecule has 0 spiro atoms. The molecule has 1 atom stereocenters. The van der Waals surface area contributed by atoms with Gasteiger partial charge in [0.2, 0.25) is 0 Å². The van der Waals surface area contributed by atoms with Crippen LogP contribution in [0.1, 0.15) is 0 Å². The van der Waals surface area contributed by atoms with E-state index in [1.807, 2.05) is 30.3 Å². The van der Waals surface area contributed by atoms with Crippen molar-refractivity contribution >= 4 is 18.3 Å². The maximum Gasteiger partial charge on any atom is 0.0595 e. The van der Waals surface area contributed by atoms with Gasteiger partial charge in [0.15, 0.2) is 0 Å². The number of benzene rings is 1. The summed E-state index contributed by atoms with van der Waals surface area (Å²) in [5.74, 6) is 0. The van der Waals surface area contributed by atoms with Gasteiger partial charge in [0.1, 0.15) is 0 Å². The summed E-state index contributed by atoms with van der Waals surface area (Å²) in [6.07, 6.45) is 0. The smallest absolute Gasteiger partial charge is 0.0595 e. The Morgan fingerprint density at radius 2 is 2.08 bits per heavy atom. The van der Waals surface area contributed by atoms with Gasteiger partial charge in [-0.05, 0) is 12.1 Å². The van der Waals surface area contributed by atoms with Gasteiger partial charge in [-0.2, -0.15) is 12.6 Å². The fourth-order valence-electron chi connectivity index (χ4n) is 1.04. The van der Waals surface area contributed by atoms with Gasteiger partial charge < -0.3 is 10.1 Å². The third-order valence-electron chi connectivity index (χ3n) is 1.67. The van der Waals surface area contributed by atoms with Gasteiger partial charge in [0.25, 0.3) is 0 Å². The Labute approximate surface area is 84.7 Å². The molecular weight excluding hydrogens is 182 g/mol. The Kier molecular flexibility index (Phi) is 4.72. The fraction of sp³-hybridized carbons (Fsp3) is 0.400. The fourth-order valence-corrected chi connectivity index (χ4v) is 1.28. The average Bonchev–Trinajstić information content (AvgIpc) is 2.17. The Morgan fingerprint density at radius 1 is 1.38 bits per heavy atom. The molecule has 0 aliphatic rings. The lowest BCUT2D eigenvalue weighted by Crippen LogP contribution is -2.18. The number of anilines is 1. The van der Waals surface area contributed by atoms with E-state index in [0.717, 1.165) is 12.2 Å². The van der Waals surface area contributed by atoms with Crippen LogP contribution in [0.15, 0.2) is 30.3 Å². The summed E-state index contributed by atoms with van der Waals surface area (Å²) in [4.78, 5) is 0. The second-order valence-corrected chi connectivity index (χ2v) is 3.59.